The summed E-state index contributed by atoms with van der Waals surface area (Å²) < 4.78 is 5.38. The van der Waals surface area contributed by atoms with Gasteiger partial charge in [0.1, 0.15) is 5.75 Å². The van der Waals surface area contributed by atoms with Crippen LogP contribution in [0, 0.1) is 12.3 Å². The van der Waals surface area contributed by atoms with Crippen LogP contribution in [0.25, 0.3) is 0 Å². The Labute approximate surface area is 148 Å². The van der Waals surface area contributed by atoms with Crippen molar-refractivity contribution in [2.24, 2.45) is 10.2 Å². The molecule has 4 rings (SSSR count). The maximum Gasteiger partial charge on any atom is 0.223 e. The molecule has 5 nitrogen and oxygen atoms in total. The average molecular weight is 337 g/mol. The molecule has 1 aromatic carbocycles. The smallest absolute Gasteiger partial charge is 0.223 e. The fourth-order valence-corrected chi connectivity index (χ4v) is 3.91. The predicted molar refractivity (Wildman–Crippen MR) is 94.2 cm³/mol. The third-order valence-corrected chi connectivity index (χ3v) is 5.74. The highest BCUT2D eigenvalue weighted by Crippen LogP contribution is 2.53. The minimum atomic E-state index is -0.375. The van der Waals surface area contributed by atoms with Gasteiger partial charge in [-0.05, 0) is 36.1 Å². The molecule has 0 aromatic heterocycles. The molecule has 3 aliphatic rings. The van der Waals surface area contributed by atoms with Crippen LogP contribution >= 0.6 is 0 Å². The van der Waals surface area contributed by atoms with Crippen molar-refractivity contribution < 1.29 is 9.53 Å². The van der Waals surface area contributed by atoms with Gasteiger partial charge in [0.15, 0.2) is 5.66 Å². The SMILES string of the molecule is C#CCCC1(CCC(=O)N2Cc3ccc(OC)cc3C3(CC3)C2)N=N1. The van der Waals surface area contributed by atoms with Gasteiger partial charge in [-0.25, -0.2) is 0 Å². The number of rotatable bonds is 6. The molecule has 25 heavy (non-hydrogen) atoms. The summed E-state index contributed by atoms with van der Waals surface area (Å²) in [5.41, 5.74) is 2.39. The zero-order valence-corrected chi connectivity index (χ0v) is 14.6. The molecule has 0 radical (unpaired) electrons. The van der Waals surface area contributed by atoms with Gasteiger partial charge in [-0.3, -0.25) is 4.79 Å². The summed E-state index contributed by atoms with van der Waals surface area (Å²) in [5, 5.41) is 8.26. The van der Waals surface area contributed by atoms with Crippen LogP contribution in [-0.4, -0.2) is 30.1 Å². The van der Waals surface area contributed by atoms with Gasteiger partial charge in [-0.1, -0.05) is 6.07 Å². The molecule has 0 atom stereocenters. The molecule has 5 heteroatoms. The molecule has 1 aromatic rings. The highest BCUT2D eigenvalue weighted by Gasteiger charge is 2.50. The minimum absolute atomic E-state index is 0.146. The number of carbonyl (C=O) groups excluding carboxylic acids is 1. The Kier molecular flexibility index (Phi) is 3.79. The summed E-state index contributed by atoms with van der Waals surface area (Å²) in [5.74, 6) is 3.73. The first-order chi connectivity index (χ1) is 12.1. The van der Waals surface area contributed by atoms with E-state index in [9.17, 15) is 4.79 Å². The van der Waals surface area contributed by atoms with Crippen molar-refractivity contribution in [2.75, 3.05) is 13.7 Å². The number of carbonyl (C=O) groups is 1. The van der Waals surface area contributed by atoms with E-state index in [1.54, 1.807) is 7.11 Å². The summed E-state index contributed by atoms with van der Waals surface area (Å²) in [6.07, 6.45) is 10.2. The second-order valence-corrected chi connectivity index (χ2v) is 7.44. The average Bonchev–Trinajstić information content (AvgIpc) is 3.56. The summed E-state index contributed by atoms with van der Waals surface area (Å²) >= 11 is 0. The third-order valence-electron chi connectivity index (χ3n) is 5.74. The molecular weight excluding hydrogens is 314 g/mol. The number of methoxy groups -OCH3 is 1. The second-order valence-electron chi connectivity index (χ2n) is 7.44. The number of benzene rings is 1. The van der Waals surface area contributed by atoms with Crippen molar-refractivity contribution in [1.82, 2.24) is 4.90 Å². The number of fused-ring (bicyclic) bond motifs is 2. The van der Waals surface area contributed by atoms with Crippen molar-refractivity contribution >= 4 is 5.91 Å². The van der Waals surface area contributed by atoms with E-state index < -0.39 is 0 Å². The van der Waals surface area contributed by atoms with E-state index >= 15 is 0 Å². The van der Waals surface area contributed by atoms with E-state index in [2.05, 4.69) is 28.3 Å². The van der Waals surface area contributed by atoms with Gasteiger partial charge in [0.25, 0.3) is 0 Å². The quantitative estimate of drug-likeness (QED) is 0.747. The summed E-state index contributed by atoms with van der Waals surface area (Å²) in [4.78, 5) is 14.8. The minimum Gasteiger partial charge on any atom is -0.497 e. The first kappa shape index (κ1) is 16.1. The molecule has 1 spiro atoms. The van der Waals surface area contributed by atoms with Gasteiger partial charge in [-0.15, -0.1) is 12.3 Å². The van der Waals surface area contributed by atoms with Gasteiger partial charge in [0.2, 0.25) is 5.91 Å². The second kappa shape index (κ2) is 5.87. The number of nitrogens with zero attached hydrogens (tertiary/aromatic N) is 3. The molecule has 0 N–H and O–H groups in total. The lowest BCUT2D eigenvalue weighted by Gasteiger charge is -2.35. The molecule has 2 heterocycles. The van der Waals surface area contributed by atoms with Crippen LogP contribution in [-0.2, 0) is 16.8 Å². The highest BCUT2D eigenvalue weighted by atomic mass is 16.5. The van der Waals surface area contributed by atoms with Crippen molar-refractivity contribution in [2.45, 2.75) is 56.1 Å². The van der Waals surface area contributed by atoms with Crippen LogP contribution in [0.3, 0.4) is 0 Å². The van der Waals surface area contributed by atoms with Crippen LogP contribution in [0.1, 0.15) is 49.7 Å². The number of hydrogen-bond donors (Lipinski definition) is 0. The summed E-state index contributed by atoms with van der Waals surface area (Å²) in [6.45, 7) is 1.50. The maximum absolute atomic E-state index is 12.8. The van der Waals surface area contributed by atoms with Crippen molar-refractivity contribution in [3.05, 3.63) is 29.3 Å². The van der Waals surface area contributed by atoms with Crippen LogP contribution < -0.4 is 4.74 Å². The highest BCUT2D eigenvalue weighted by molar-refractivity contribution is 5.77. The Morgan fingerprint density at radius 3 is 2.80 bits per heavy atom. The van der Waals surface area contributed by atoms with Crippen LogP contribution in [0.2, 0.25) is 0 Å². The lowest BCUT2D eigenvalue weighted by atomic mass is 9.86. The zero-order valence-electron chi connectivity index (χ0n) is 14.6. The standard InChI is InChI=1S/C20H23N3O2/c1-3-4-8-20(21-22-20)9-7-18(24)23-13-15-5-6-16(25-2)12-17(15)19(14-23)10-11-19/h1,5-6,12H,4,7-11,13-14H2,2H3. The Morgan fingerprint density at radius 2 is 2.16 bits per heavy atom. The lowest BCUT2D eigenvalue weighted by molar-refractivity contribution is -0.133. The van der Waals surface area contributed by atoms with Crippen LogP contribution in [0.15, 0.2) is 28.4 Å². The fraction of sp³-hybridized carbons (Fsp3) is 0.550. The molecule has 2 aliphatic heterocycles. The van der Waals surface area contributed by atoms with E-state index in [-0.39, 0.29) is 17.0 Å². The van der Waals surface area contributed by atoms with Crippen LogP contribution in [0.5, 0.6) is 5.75 Å². The molecule has 0 saturated heterocycles. The molecule has 1 amide bonds. The van der Waals surface area contributed by atoms with E-state index in [1.807, 2.05) is 11.0 Å². The van der Waals surface area contributed by atoms with Gasteiger partial charge < -0.3 is 9.64 Å². The molecule has 1 saturated carbocycles. The molecule has 1 fully saturated rings. The summed E-state index contributed by atoms with van der Waals surface area (Å²) in [7, 11) is 1.70. The first-order valence-corrected chi connectivity index (χ1v) is 8.92. The number of hydrogen-bond acceptors (Lipinski definition) is 4. The first-order valence-electron chi connectivity index (χ1n) is 8.92. The van der Waals surface area contributed by atoms with Gasteiger partial charge in [0, 0.05) is 44.2 Å². The molecule has 0 bridgehead atoms. The molecular formula is C20H23N3O2. The van der Waals surface area contributed by atoms with Gasteiger partial charge >= 0.3 is 0 Å². The largest absolute Gasteiger partial charge is 0.497 e. The number of terminal acetylenes is 1. The van der Waals surface area contributed by atoms with Crippen molar-refractivity contribution in [1.29, 1.82) is 0 Å². The number of amides is 1. The third kappa shape index (κ3) is 3.02. The molecule has 130 valence electrons. The number of ether oxygens (including phenoxy) is 1. The molecule has 0 unspecified atom stereocenters. The fourth-order valence-electron chi connectivity index (χ4n) is 3.91. The van der Waals surface area contributed by atoms with E-state index in [0.717, 1.165) is 31.6 Å². The Bertz CT molecular complexity index is 768. The normalized spacial score (nSPS) is 20.7. The monoisotopic (exact) mass is 337 g/mol. The van der Waals surface area contributed by atoms with E-state index in [4.69, 9.17) is 11.2 Å². The van der Waals surface area contributed by atoms with E-state index in [1.165, 1.54) is 11.1 Å². The Morgan fingerprint density at radius 1 is 1.36 bits per heavy atom. The Hall–Kier alpha value is -2.35. The van der Waals surface area contributed by atoms with Crippen molar-refractivity contribution in [3.8, 4) is 18.1 Å². The van der Waals surface area contributed by atoms with Crippen LogP contribution in [0.4, 0.5) is 0 Å². The van der Waals surface area contributed by atoms with Crippen molar-refractivity contribution in [3.63, 3.8) is 0 Å². The maximum atomic E-state index is 12.8. The molecule has 1 aliphatic carbocycles. The summed E-state index contributed by atoms with van der Waals surface area (Å²) in [6, 6.07) is 6.24. The van der Waals surface area contributed by atoms with Gasteiger partial charge in [0.05, 0.1) is 7.11 Å². The Balaban J connectivity index is 1.42. The zero-order chi connectivity index (χ0) is 17.5. The predicted octanol–water partition coefficient (Wildman–Crippen LogP) is 3.42. The van der Waals surface area contributed by atoms with E-state index in [0.29, 0.717) is 25.8 Å². The topological polar surface area (TPSA) is 54.3 Å². The lowest BCUT2D eigenvalue weighted by Crippen LogP contribution is -2.41. The van der Waals surface area contributed by atoms with Gasteiger partial charge in [-0.2, -0.15) is 10.2 Å².